The number of methoxy groups -OCH3 is 1. The number of likely N-dealkylation sites (N-methyl/N-ethyl adjacent to an activating group) is 1. The minimum absolute atomic E-state index is 0.0674. The van der Waals surface area contributed by atoms with Crippen LogP contribution in [0.2, 0.25) is 0 Å². The largest absolute Gasteiger partial charge is 0.383 e. The summed E-state index contributed by atoms with van der Waals surface area (Å²) in [6.07, 6.45) is 8.71. The Morgan fingerprint density at radius 3 is 1.93 bits per heavy atom. The smallest absolute Gasteiger partial charge is 0.243 e. The zero-order valence-corrected chi connectivity index (χ0v) is 18.8. The zero-order valence-electron chi connectivity index (χ0n) is 17.2. The number of nitrogens with zero attached hydrogens (tertiary/aromatic N) is 2. The van der Waals surface area contributed by atoms with E-state index in [4.69, 9.17) is 4.74 Å². The highest BCUT2D eigenvalue weighted by Gasteiger charge is 2.27. The van der Waals surface area contributed by atoms with Crippen LogP contribution in [0.3, 0.4) is 0 Å². The molecule has 0 saturated carbocycles. The molecule has 0 heterocycles. The topological polar surface area (TPSA) is 84.0 Å². The van der Waals surface area contributed by atoms with Crippen molar-refractivity contribution in [3.8, 4) is 0 Å². The Kier molecular flexibility index (Phi) is 8.59. The van der Waals surface area contributed by atoms with E-state index in [9.17, 15) is 16.8 Å². The third-order valence-corrected chi connectivity index (χ3v) is 8.80. The van der Waals surface area contributed by atoms with Crippen molar-refractivity contribution < 1.29 is 21.6 Å². The summed E-state index contributed by atoms with van der Waals surface area (Å²) in [5.74, 6) is 0.133. The highest BCUT2D eigenvalue weighted by molar-refractivity contribution is 7.89. The highest BCUT2D eigenvalue weighted by atomic mass is 32.2. The van der Waals surface area contributed by atoms with E-state index >= 15 is 0 Å². The number of allylic oxidation sites excluding steroid dienone is 3. The zero-order chi connectivity index (χ0) is 21.5. The van der Waals surface area contributed by atoms with Gasteiger partial charge in [0.05, 0.1) is 16.4 Å². The van der Waals surface area contributed by atoms with Crippen LogP contribution in [-0.2, 0) is 24.8 Å². The van der Waals surface area contributed by atoms with Gasteiger partial charge in [-0.2, -0.15) is 8.61 Å². The third-order valence-electron chi connectivity index (χ3n) is 4.86. The predicted octanol–water partition coefficient (Wildman–Crippen LogP) is 2.49. The molecule has 1 aromatic rings. The molecule has 0 N–H and O–H groups in total. The first kappa shape index (κ1) is 23.8. The van der Waals surface area contributed by atoms with Crippen LogP contribution >= 0.6 is 0 Å². The van der Waals surface area contributed by atoms with E-state index < -0.39 is 20.0 Å². The normalized spacial score (nSPS) is 17.3. The fourth-order valence-electron chi connectivity index (χ4n) is 3.15. The van der Waals surface area contributed by atoms with Gasteiger partial charge in [-0.05, 0) is 36.6 Å². The van der Waals surface area contributed by atoms with Crippen LogP contribution in [0.5, 0.6) is 0 Å². The number of hydrogen-bond donors (Lipinski definition) is 0. The minimum Gasteiger partial charge on any atom is -0.383 e. The van der Waals surface area contributed by atoms with Gasteiger partial charge in [-0.15, -0.1) is 0 Å². The van der Waals surface area contributed by atoms with E-state index in [1.54, 1.807) is 13.8 Å². The van der Waals surface area contributed by atoms with Gasteiger partial charge in [0.25, 0.3) is 0 Å². The average molecular weight is 443 g/mol. The molecule has 0 aromatic heterocycles. The standard InChI is InChI=1S/C20H30N2O5S2/c1-4-21(15-16-27-3)28(23,24)19-11-13-20(14-12-19)29(25,26)22(5-2)17-18-9-7-6-8-10-18/h6-9,11-14,18H,4-5,10,15-17H2,1-3H3. The first-order valence-corrected chi connectivity index (χ1v) is 12.6. The number of sulfonamides is 2. The van der Waals surface area contributed by atoms with Gasteiger partial charge in [-0.25, -0.2) is 16.8 Å². The molecule has 0 saturated heterocycles. The second-order valence-electron chi connectivity index (χ2n) is 6.73. The Morgan fingerprint density at radius 2 is 1.48 bits per heavy atom. The molecule has 1 aliphatic carbocycles. The van der Waals surface area contributed by atoms with Gasteiger partial charge < -0.3 is 4.74 Å². The molecule has 29 heavy (non-hydrogen) atoms. The number of benzene rings is 1. The van der Waals surface area contributed by atoms with Crippen LogP contribution in [0.25, 0.3) is 0 Å². The molecule has 0 bridgehead atoms. The molecule has 1 aliphatic rings. The first-order chi connectivity index (χ1) is 13.8. The van der Waals surface area contributed by atoms with Crippen molar-refractivity contribution in [2.45, 2.75) is 30.1 Å². The van der Waals surface area contributed by atoms with Crippen LogP contribution in [0.4, 0.5) is 0 Å². The Balaban J connectivity index is 2.22. The molecule has 162 valence electrons. The van der Waals surface area contributed by atoms with Crippen LogP contribution in [0.1, 0.15) is 20.3 Å². The van der Waals surface area contributed by atoms with E-state index in [1.165, 1.54) is 40.0 Å². The summed E-state index contributed by atoms with van der Waals surface area (Å²) in [5, 5.41) is 0. The van der Waals surface area contributed by atoms with Gasteiger partial charge in [0.15, 0.2) is 0 Å². The van der Waals surface area contributed by atoms with Crippen molar-refractivity contribution in [1.29, 1.82) is 0 Å². The second-order valence-corrected chi connectivity index (χ2v) is 10.6. The number of rotatable bonds is 11. The molecule has 1 atom stereocenters. The minimum atomic E-state index is -3.71. The third kappa shape index (κ3) is 5.76. The monoisotopic (exact) mass is 442 g/mol. The first-order valence-electron chi connectivity index (χ1n) is 9.70. The molecule has 2 rings (SSSR count). The van der Waals surface area contributed by atoms with Crippen molar-refractivity contribution in [3.05, 3.63) is 48.6 Å². The molecular formula is C20H30N2O5S2. The molecule has 0 radical (unpaired) electrons. The Labute approximate surface area is 174 Å². The molecule has 1 aromatic carbocycles. The summed E-state index contributed by atoms with van der Waals surface area (Å²) in [6, 6.07) is 5.45. The van der Waals surface area contributed by atoms with Crippen LogP contribution < -0.4 is 0 Å². The molecule has 0 fully saturated rings. The lowest BCUT2D eigenvalue weighted by Gasteiger charge is -2.25. The van der Waals surface area contributed by atoms with Gasteiger partial charge >= 0.3 is 0 Å². The van der Waals surface area contributed by atoms with Crippen LogP contribution in [-0.4, -0.2) is 65.3 Å². The maximum Gasteiger partial charge on any atom is 0.243 e. The van der Waals surface area contributed by atoms with E-state index in [-0.39, 0.29) is 28.9 Å². The SMILES string of the molecule is CCN(CCOC)S(=O)(=O)c1ccc(S(=O)(=O)N(CC)CC2C=CC=CC2)cc1. The summed E-state index contributed by atoms with van der Waals surface area (Å²) >= 11 is 0. The van der Waals surface area contributed by atoms with Crippen LogP contribution in [0.15, 0.2) is 58.4 Å². The molecule has 7 nitrogen and oxygen atoms in total. The molecule has 0 spiro atoms. The molecule has 0 amide bonds. The van der Waals surface area contributed by atoms with Gasteiger partial charge in [0.2, 0.25) is 20.0 Å². The van der Waals surface area contributed by atoms with Crippen molar-refractivity contribution in [2.24, 2.45) is 5.92 Å². The summed E-state index contributed by atoms with van der Waals surface area (Å²) in [7, 11) is -5.90. The van der Waals surface area contributed by atoms with Crippen molar-refractivity contribution in [2.75, 3.05) is 39.9 Å². The second kappa shape index (κ2) is 10.5. The van der Waals surface area contributed by atoms with Crippen LogP contribution in [0, 0.1) is 5.92 Å². The quantitative estimate of drug-likeness (QED) is 0.526. The molecular weight excluding hydrogens is 412 g/mol. The summed E-state index contributed by atoms with van der Waals surface area (Å²) in [5.41, 5.74) is 0. The summed E-state index contributed by atoms with van der Waals surface area (Å²) in [4.78, 5) is 0.159. The molecule has 0 aliphatic heterocycles. The fraction of sp³-hybridized carbons (Fsp3) is 0.500. The van der Waals surface area contributed by atoms with E-state index in [0.717, 1.165) is 6.42 Å². The molecule has 9 heteroatoms. The maximum absolute atomic E-state index is 13.0. The van der Waals surface area contributed by atoms with Crippen molar-refractivity contribution in [1.82, 2.24) is 8.61 Å². The van der Waals surface area contributed by atoms with Gasteiger partial charge in [-0.3, -0.25) is 0 Å². The Hall–Kier alpha value is -1.52. The summed E-state index contributed by atoms with van der Waals surface area (Å²) < 4.78 is 59.3. The maximum atomic E-state index is 13.0. The summed E-state index contributed by atoms with van der Waals surface area (Å²) in [6.45, 7) is 5.11. The van der Waals surface area contributed by atoms with E-state index in [2.05, 4.69) is 0 Å². The van der Waals surface area contributed by atoms with Gasteiger partial charge in [0.1, 0.15) is 0 Å². The Bertz CT molecular complexity index is 922. The van der Waals surface area contributed by atoms with Gasteiger partial charge in [0, 0.05) is 33.3 Å². The molecule has 1 unspecified atom stereocenters. The van der Waals surface area contributed by atoms with Crippen molar-refractivity contribution >= 4 is 20.0 Å². The lowest BCUT2D eigenvalue weighted by atomic mass is 10.0. The Morgan fingerprint density at radius 1 is 0.931 bits per heavy atom. The number of ether oxygens (including phenoxy) is 1. The van der Waals surface area contributed by atoms with Crippen molar-refractivity contribution in [3.63, 3.8) is 0 Å². The lowest BCUT2D eigenvalue weighted by Crippen LogP contribution is -2.35. The van der Waals surface area contributed by atoms with E-state index in [0.29, 0.717) is 19.6 Å². The lowest BCUT2D eigenvalue weighted by molar-refractivity contribution is 0.180. The predicted molar refractivity (Wildman–Crippen MR) is 114 cm³/mol. The average Bonchev–Trinajstić information content (AvgIpc) is 2.73. The number of hydrogen-bond acceptors (Lipinski definition) is 5. The van der Waals surface area contributed by atoms with Gasteiger partial charge in [-0.1, -0.05) is 38.2 Å². The highest BCUT2D eigenvalue weighted by Crippen LogP contribution is 2.23. The van der Waals surface area contributed by atoms with E-state index in [1.807, 2.05) is 24.3 Å². The fourth-order valence-corrected chi connectivity index (χ4v) is 6.09.